The summed E-state index contributed by atoms with van der Waals surface area (Å²) in [6.45, 7) is 4.05. The van der Waals surface area contributed by atoms with Crippen molar-refractivity contribution in [1.29, 1.82) is 0 Å². The van der Waals surface area contributed by atoms with Gasteiger partial charge in [0.1, 0.15) is 15.8 Å². The minimum absolute atomic E-state index is 0.0344. The van der Waals surface area contributed by atoms with Crippen molar-refractivity contribution in [2.45, 2.75) is 51.6 Å². The Morgan fingerprint density at radius 2 is 1.48 bits per heavy atom. The number of esters is 1. The van der Waals surface area contributed by atoms with Crippen molar-refractivity contribution in [3.8, 4) is 27.4 Å². The molecule has 31 heavy (non-hydrogen) atoms. The topological polar surface area (TPSA) is 61.3 Å². The predicted molar refractivity (Wildman–Crippen MR) is 123 cm³/mol. The average molecular weight is 437 g/mol. The molecule has 0 bridgehead atoms. The van der Waals surface area contributed by atoms with E-state index in [-0.39, 0.29) is 18.0 Å². The van der Waals surface area contributed by atoms with Gasteiger partial charge in [0.05, 0.1) is 19.1 Å². The molecule has 0 N–H and O–H groups in total. The van der Waals surface area contributed by atoms with Crippen LogP contribution in [0, 0.1) is 5.92 Å². The molecule has 1 heterocycles. The Morgan fingerprint density at radius 1 is 0.903 bits per heavy atom. The summed E-state index contributed by atoms with van der Waals surface area (Å²) < 4.78 is 10.6. The third-order valence-electron chi connectivity index (χ3n) is 5.74. The highest BCUT2D eigenvalue weighted by molar-refractivity contribution is 7.14. The summed E-state index contributed by atoms with van der Waals surface area (Å²) in [5.41, 5.74) is 3.39. The van der Waals surface area contributed by atoms with Crippen molar-refractivity contribution in [3.05, 3.63) is 53.5 Å². The molecule has 0 saturated heterocycles. The highest BCUT2D eigenvalue weighted by Crippen LogP contribution is 2.39. The second-order valence-electron chi connectivity index (χ2n) is 8.29. The number of nitrogens with zero attached hydrogens (tertiary/aromatic N) is 2. The van der Waals surface area contributed by atoms with Crippen molar-refractivity contribution in [2.24, 2.45) is 5.92 Å². The molecule has 0 spiro atoms. The summed E-state index contributed by atoms with van der Waals surface area (Å²) in [4.78, 5) is 11.7. The van der Waals surface area contributed by atoms with Gasteiger partial charge >= 0.3 is 5.97 Å². The van der Waals surface area contributed by atoms with Gasteiger partial charge in [-0.3, -0.25) is 4.79 Å². The number of hydrogen-bond acceptors (Lipinski definition) is 6. The highest BCUT2D eigenvalue weighted by atomic mass is 32.1. The van der Waals surface area contributed by atoms with Crippen LogP contribution in [-0.4, -0.2) is 29.4 Å². The fraction of sp³-hybridized carbons (Fsp3) is 0.400. The Hall–Kier alpha value is -2.73. The molecule has 2 aromatic carbocycles. The predicted octanol–water partition coefficient (Wildman–Crippen LogP) is 6.11. The van der Waals surface area contributed by atoms with Crippen LogP contribution in [0.25, 0.3) is 21.7 Å². The molecule has 4 rings (SSSR count). The number of ether oxygens (including phenoxy) is 2. The molecule has 1 aliphatic carbocycles. The van der Waals surface area contributed by atoms with E-state index in [1.165, 1.54) is 7.11 Å². The highest BCUT2D eigenvalue weighted by Gasteiger charge is 2.29. The molecule has 0 amide bonds. The van der Waals surface area contributed by atoms with E-state index in [4.69, 9.17) is 9.47 Å². The van der Waals surface area contributed by atoms with Crippen LogP contribution in [0.15, 0.2) is 48.5 Å². The molecule has 0 atom stereocenters. The fourth-order valence-corrected chi connectivity index (χ4v) is 5.08. The van der Waals surface area contributed by atoms with Crippen LogP contribution in [0.5, 0.6) is 5.75 Å². The van der Waals surface area contributed by atoms with E-state index >= 15 is 0 Å². The molecule has 162 valence electrons. The fourth-order valence-electron chi connectivity index (χ4n) is 4.06. The first-order valence-electron chi connectivity index (χ1n) is 10.8. The molecular formula is C25H28N2O3S. The minimum Gasteiger partial charge on any atom is -0.491 e. The van der Waals surface area contributed by atoms with E-state index in [0.29, 0.717) is 5.92 Å². The zero-order valence-electron chi connectivity index (χ0n) is 18.2. The molecule has 1 fully saturated rings. The van der Waals surface area contributed by atoms with Crippen LogP contribution in [-0.2, 0) is 9.53 Å². The number of carbonyl (C=O) groups excluding carboxylic acids is 1. The molecule has 1 aliphatic rings. The Labute approximate surface area is 187 Å². The molecule has 3 aromatic rings. The van der Waals surface area contributed by atoms with Crippen molar-refractivity contribution < 1.29 is 14.3 Å². The van der Waals surface area contributed by atoms with Gasteiger partial charge in [-0.2, -0.15) is 0 Å². The summed E-state index contributed by atoms with van der Waals surface area (Å²) in [7, 11) is 1.47. The molecule has 6 heteroatoms. The quantitative estimate of drug-likeness (QED) is 0.437. The van der Waals surface area contributed by atoms with Crippen LogP contribution >= 0.6 is 11.3 Å². The maximum Gasteiger partial charge on any atom is 0.308 e. The SMILES string of the molecule is COC(=O)C1CCC(c2nnc(-c3ccc(-c4ccc(OC(C)C)cc4)cc3)s2)CC1. The first-order chi connectivity index (χ1) is 15.0. The lowest BCUT2D eigenvalue weighted by Crippen LogP contribution is -2.22. The third-order valence-corrected chi connectivity index (χ3v) is 6.88. The molecule has 1 saturated carbocycles. The van der Waals surface area contributed by atoms with Crippen molar-refractivity contribution in [2.75, 3.05) is 7.11 Å². The monoisotopic (exact) mass is 436 g/mol. The maximum atomic E-state index is 11.7. The van der Waals surface area contributed by atoms with Gasteiger partial charge in [-0.15, -0.1) is 10.2 Å². The van der Waals surface area contributed by atoms with E-state index < -0.39 is 0 Å². The normalized spacial score (nSPS) is 18.7. The van der Waals surface area contributed by atoms with Crippen LogP contribution < -0.4 is 4.74 Å². The molecule has 5 nitrogen and oxygen atoms in total. The largest absolute Gasteiger partial charge is 0.491 e. The van der Waals surface area contributed by atoms with Gasteiger partial charge < -0.3 is 9.47 Å². The number of benzene rings is 2. The Kier molecular flexibility index (Phi) is 6.66. The van der Waals surface area contributed by atoms with E-state index in [1.54, 1.807) is 11.3 Å². The van der Waals surface area contributed by atoms with E-state index in [0.717, 1.165) is 58.1 Å². The lowest BCUT2D eigenvalue weighted by atomic mass is 9.82. The Morgan fingerprint density at radius 3 is 2.06 bits per heavy atom. The second-order valence-corrected chi connectivity index (χ2v) is 9.29. The number of hydrogen-bond donors (Lipinski definition) is 0. The molecular weight excluding hydrogens is 408 g/mol. The summed E-state index contributed by atoms with van der Waals surface area (Å²) in [6, 6.07) is 16.6. The van der Waals surface area contributed by atoms with Gasteiger partial charge in [-0.25, -0.2) is 0 Å². The summed E-state index contributed by atoms with van der Waals surface area (Å²) in [5, 5.41) is 10.9. The van der Waals surface area contributed by atoms with Gasteiger partial charge in [0.2, 0.25) is 0 Å². The molecule has 0 aliphatic heterocycles. The smallest absolute Gasteiger partial charge is 0.308 e. The maximum absolute atomic E-state index is 11.7. The van der Waals surface area contributed by atoms with E-state index in [9.17, 15) is 4.79 Å². The second kappa shape index (κ2) is 9.60. The molecule has 1 aromatic heterocycles. The zero-order chi connectivity index (χ0) is 21.8. The van der Waals surface area contributed by atoms with Gasteiger partial charge in [0.25, 0.3) is 0 Å². The third kappa shape index (κ3) is 5.13. The number of methoxy groups -OCH3 is 1. The minimum atomic E-state index is -0.0846. The zero-order valence-corrected chi connectivity index (χ0v) is 19.0. The van der Waals surface area contributed by atoms with Crippen molar-refractivity contribution in [1.82, 2.24) is 10.2 Å². The Bertz CT molecular complexity index is 1000. The lowest BCUT2D eigenvalue weighted by Gasteiger charge is -2.25. The van der Waals surface area contributed by atoms with Crippen molar-refractivity contribution in [3.63, 3.8) is 0 Å². The van der Waals surface area contributed by atoms with Gasteiger partial charge in [-0.05, 0) is 62.8 Å². The lowest BCUT2D eigenvalue weighted by molar-refractivity contribution is -0.146. The van der Waals surface area contributed by atoms with Gasteiger partial charge in [0, 0.05) is 11.5 Å². The van der Waals surface area contributed by atoms with Crippen LogP contribution in [0.1, 0.15) is 50.5 Å². The number of rotatable bonds is 6. The summed E-state index contributed by atoms with van der Waals surface area (Å²) in [6.07, 6.45) is 3.82. The average Bonchev–Trinajstić information content (AvgIpc) is 3.29. The molecule has 0 unspecified atom stereocenters. The van der Waals surface area contributed by atoms with Gasteiger partial charge in [-0.1, -0.05) is 47.7 Å². The van der Waals surface area contributed by atoms with Crippen molar-refractivity contribution >= 4 is 17.3 Å². The summed E-state index contributed by atoms with van der Waals surface area (Å²) in [5.74, 6) is 1.22. The van der Waals surface area contributed by atoms with Crippen LogP contribution in [0.4, 0.5) is 0 Å². The number of carbonyl (C=O) groups is 1. The first kappa shape index (κ1) is 21.5. The van der Waals surface area contributed by atoms with Gasteiger partial charge in [0.15, 0.2) is 0 Å². The molecule has 0 radical (unpaired) electrons. The first-order valence-corrected chi connectivity index (χ1v) is 11.6. The van der Waals surface area contributed by atoms with Crippen LogP contribution in [0.3, 0.4) is 0 Å². The van der Waals surface area contributed by atoms with Crippen LogP contribution in [0.2, 0.25) is 0 Å². The van der Waals surface area contributed by atoms with E-state index in [1.807, 2.05) is 26.0 Å². The number of aromatic nitrogens is 2. The standard InChI is InChI=1S/C25H28N2O3S/c1-16(2)30-22-14-12-18(13-15-22)17-4-6-19(7-5-17)23-26-27-24(31-23)20-8-10-21(11-9-20)25(28)29-3/h4-7,12-16,20-21H,8-11H2,1-3H3. The Balaban J connectivity index is 1.41. The van der Waals surface area contributed by atoms with E-state index in [2.05, 4.69) is 46.6 Å². The summed E-state index contributed by atoms with van der Waals surface area (Å²) >= 11 is 1.66.